The molecule has 0 heterocycles. The molecule has 3 nitrogen and oxygen atoms in total. The summed E-state index contributed by atoms with van der Waals surface area (Å²) in [6.45, 7) is 0.477. The molecular formula is C9H11NO2. The van der Waals surface area contributed by atoms with Gasteiger partial charge in [0.1, 0.15) is 6.29 Å². The van der Waals surface area contributed by atoms with Gasteiger partial charge in [0.05, 0.1) is 6.61 Å². The third-order valence-corrected chi connectivity index (χ3v) is 1.61. The predicted molar refractivity (Wildman–Crippen MR) is 47.0 cm³/mol. The van der Waals surface area contributed by atoms with Gasteiger partial charge in [0, 0.05) is 23.9 Å². The van der Waals surface area contributed by atoms with Crippen LogP contribution in [-0.4, -0.2) is 13.4 Å². The van der Waals surface area contributed by atoms with Gasteiger partial charge in [-0.25, -0.2) is 0 Å². The van der Waals surface area contributed by atoms with Gasteiger partial charge in [0.2, 0.25) is 0 Å². The maximum Gasteiger partial charge on any atom is 0.150 e. The van der Waals surface area contributed by atoms with Gasteiger partial charge in [0.15, 0.2) is 0 Å². The first kappa shape index (κ1) is 8.74. The largest absolute Gasteiger partial charge is 0.398 e. The van der Waals surface area contributed by atoms with Crippen molar-refractivity contribution in [3.05, 3.63) is 29.3 Å². The lowest BCUT2D eigenvalue weighted by Crippen LogP contribution is -1.96. The molecule has 0 spiro atoms. The molecular weight excluding hydrogens is 154 g/mol. The maximum absolute atomic E-state index is 10.3. The Balaban J connectivity index is 2.94. The van der Waals surface area contributed by atoms with E-state index < -0.39 is 0 Å². The van der Waals surface area contributed by atoms with Gasteiger partial charge in [-0.2, -0.15) is 0 Å². The highest BCUT2D eigenvalue weighted by Crippen LogP contribution is 2.13. The highest BCUT2D eigenvalue weighted by molar-refractivity contribution is 5.77. The van der Waals surface area contributed by atoms with Crippen LogP contribution in [0.1, 0.15) is 15.9 Å². The van der Waals surface area contributed by atoms with Crippen LogP contribution in [0, 0.1) is 0 Å². The Bertz CT molecular complexity index is 284. The minimum atomic E-state index is 0.477. The molecule has 0 aromatic heterocycles. The van der Waals surface area contributed by atoms with E-state index in [2.05, 4.69) is 0 Å². The van der Waals surface area contributed by atoms with Crippen LogP contribution in [0.25, 0.3) is 0 Å². The Morgan fingerprint density at radius 2 is 2.33 bits per heavy atom. The molecule has 2 N–H and O–H groups in total. The van der Waals surface area contributed by atoms with Crippen molar-refractivity contribution in [3.8, 4) is 0 Å². The second-order valence-corrected chi connectivity index (χ2v) is 2.51. The van der Waals surface area contributed by atoms with Crippen LogP contribution in [0.5, 0.6) is 0 Å². The zero-order valence-electron chi connectivity index (χ0n) is 6.91. The molecule has 0 saturated heterocycles. The second-order valence-electron chi connectivity index (χ2n) is 2.51. The van der Waals surface area contributed by atoms with E-state index in [9.17, 15) is 4.79 Å². The van der Waals surface area contributed by atoms with E-state index in [1.165, 1.54) is 0 Å². The van der Waals surface area contributed by atoms with Crippen LogP contribution < -0.4 is 5.73 Å². The number of hydrogen-bond donors (Lipinski definition) is 1. The van der Waals surface area contributed by atoms with Gasteiger partial charge in [-0.15, -0.1) is 0 Å². The smallest absolute Gasteiger partial charge is 0.150 e. The van der Waals surface area contributed by atoms with E-state index in [0.29, 0.717) is 17.9 Å². The zero-order valence-corrected chi connectivity index (χ0v) is 6.91. The molecule has 0 bridgehead atoms. The fraction of sp³-hybridized carbons (Fsp3) is 0.222. The fourth-order valence-electron chi connectivity index (χ4n) is 0.974. The lowest BCUT2D eigenvalue weighted by molar-refractivity contribution is 0.112. The van der Waals surface area contributed by atoms with Crippen LogP contribution in [0.3, 0.4) is 0 Å². The van der Waals surface area contributed by atoms with Gasteiger partial charge in [-0.05, 0) is 6.07 Å². The minimum Gasteiger partial charge on any atom is -0.398 e. The first-order chi connectivity index (χ1) is 5.77. The van der Waals surface area contributed by atoms with Gasteiger partial charge in [-0.1, -0.05) is 12.1 Å². The molecule has 3 heteroatoms. The van der Waals surface area contributed by atoms with Gasteiger partial charge in [-0.3, -0.25) is 4.79 Å². The van der Waals surface area contributed by atoms with E-state index in [-0.39, 0.29) is 0 Å². The number of nitrogens with two attached hydrogens (primary N) is 1. The Morgan fingerprint density at radius 3 is 2.83 bits per heavy atom. The summed E-state index contributed by atoms with van der Waals surface area (Å²) >= 11 is 0. The van der Waals surface area contributed by atoms with Crippen LogP contribution in [0.15, 0.2) is 18.2 Å². The van der Waals surface area contributed by atoms with Gasteiger partial charge in [0.25, 0.3) is 0 Å². The molecule has 0 amide bonds. The molecule has 1 rings (SSSR count). The number of methoxy groups -OCH3 is 1. The SMILES string of the molecule is COCc1ccc(C=O)cc1N. The van der Waals surface area contributed by atoms with Crippen molar-refractivity contribution < 1.29 is 9.53 Å². The van der Waals surface area contributed by atoms with Crippen molar-refractivity contribution in [1.29, 1.82) is 0 Å². The van der Waals surface area contributed by atoms with E-state index in [4.69, 9.17) is 10.5 Å². The first-order valence-electron chi connectivity index (χ1n) is 3.60. The molecule has 0 aliphatic rings. The van der Waals surface area contributed by atoms with Gasteiger partial charge >= 0.3 is 0 Å². The van der Waals surface area contributed by atoms with Crippen molar-refractivity contribution >= 4 is 12.0 Å². The van der Waals surface area contributed by atoms with Crippen molar-refractivity contribution in [3.63, 3.8) is 0 Å². The third kappa shape index (κ3) is 1.83. The number of hydrogen-bond acceptors (Lipinski definition) is 3. The summed E-state index contributed by atoms with van der Waals surface area (Å²) in [5.41, 5.74) is 7.74. The minimum absolute atomic E-state index is 0.477. The number of rotatable bonds is 3. The molecule has 1 aromatic carbocycles. The monoisotopic (exact) mass is 165 g/mol. The number of anilines is 1. The Kier molecular flexibility index (Phi) is 2.82. The topological polar surface area (TPSA) is 52.3 Å². The van der Waals surface area contributed by atoms with Crippen LogP contribution in [0.2, 0.25) is 0 Å². The number of benzene rings is 1. The van der Waals surface area contributed by atoms with Crippen LogP contribution in [-0.2, 0) is 11.3 Å². The highest BCUT2D eigenvalue weighted by atomic mass is 16.5. The van der Waals surface area contributed by atoms with Crippen LogP contribution in [0.4, 0.5) is 5.69 Å². The van der Waals surface area contributed by atoms with E-state index >= 15 is 0 Å². The van der Waals surface area contributed by atoms with Gasteiger partial charge < -0.3 is 10.5 Å². The molecule has 0 unspecified atom stereocenters. The predicted octanol–water partition coefficient (Wildman–Crippen LogP) is 1.23. The fourth-order valence-corrected chi connectivity index (χ4v) is 0.974. The molecule has 64 valence electrons. The summed E-state index contributed by atoms with van der Waals surface area (Å²) < 4.78 is 4.91. The molecule has 0 atom stereocenters. The number of ether oxygens (including phenoxy) is 1. The highest BCUT2D eigenvalue weighted by Gasteiger charge is 1.98. The molecule has 1 aromatic rings. The lowest BCUT2D eigenvalue weighted by atomic mass is 10.1. The molecule has 0 aliphatic carbocycles. The van der Waals surface area contributed by atoms with Crippen molar-refractivity contribution in [2.75, 3.05) is 12.8 Å². The normalized spacial score (nSPS) is 9.75. The lowest BCUT2D eigenvalue weighted by Gasteiger charge is -2.03. The number of aldehydes is 1. The summed E-state index contributed by atoms with van der Waals surface area (Å²) in [6.07, 6.45) is 0.771. The summed E-state index contributed by atoms with van der Waals surface area (Å²) in [5, 5.41) is 0. The summed E-state index contributed by atoms with van der Waals surface area (Å²) in [4.78, 5) is 10.3. The Morgan fingerprint density at radius 1 is 1.58 bits per heavy atom. The first-order valence-corrected chi connectivity index (χ1v) is 3.60. The van der Waals surface area contributed by atoms with Crippen molar-refractivity contribution in [2.45, 2.75) is 6.61 Å². The molecule has 12 heavy (non-hydrogen) atoms. The molecule has 0 radical (unpaired) electrons. The molecule has 0 aliphatic heterocycles. The van der Waals surface area contributed by atoms with Crippen LogP contribution >= 0.6 is 0 Å². The average molecular weight is 165 g/mol. The number of carbonyl (C=O) groups excluding carboxylic acids is 1. The quantitative estimate of drug-likeness (QED) is 0.541. The molecule has 0 fully saturated rings. The third-order valence-electron chi connectivity index (χ3n) is 1.61. The van der Waals surface area contributed by atoms with Crippen molar-refractivity contribution in [2.24, 2.45) is 0 Å². The second kappa shape index (κ2) is 3.88. The summed E-state index contributed by atoms with van der Waals surface area (Å²) in [5.74, 6) is 0. The molecule has 0 saturated carbocycles. The number of nitrogen functional groups attached to an aromatic ring is 1. The zero-order chi connectivity index (χ0) is 8.97. The Hall–Kier alpha value is -1.35. The summed E-state index contributed by atoms with van der Waals surface area (Å²) in [7, 11) is 1.60. The summed E-state index contributed by atoms with van der Waals surface area (Å²) in [6, 6.07) is 5.15. The Labute approximate surface area is 71.1 Å². The maximum atomic E-state index is 10.3. The number of carbonyl (C=O) groups is 1. The van der Waals surface area contributed by atoms with E-state index in [1.54, 1.807) is 25.3 Å². The van der Waals surface area contributed by atoms with Crippen molar-refractivity contribution in [1.82, 2.24) is 0 Å². The standard InChI is InChI=1S/C9H11NO2/c1-12-6-8-3-2-7(5-11)4-9(8)10/h2-5H,6,10H2,1H3. The van der Waals surface area contributed by atoms with E-state index in [1.807, 2.05) is 0 Å². The average Bonchev–Trinajstić information content (AvgIpc) is 2.09. The van der Waals surface area contributed by atoms with E-state index in [0.717, 1.165) is 11.8 Å².